The summed E-state index contributed by atoms with van der Waals surface area (Å²) in [4.78, 5) is 4.53. The van der Waals surface area contributed by atoms with Crippen LogP contribution >= 0.6 is 0 Å². The highest BCUT2D eigenvalue weighted by molar-refractivity contribution is 5.79. The first-order chi connectivity index (χ1) is 10.2. The number of rotatable bonds is 10. The minimum Gasteiger partial charge on any atom is -0.381 e. The summed E-state index contributed by atoms with van der Waals surface area (Å²) in [7, 11) is 0. The van der Waals surface area contributed by atoms with E-state index in [4.69, 9.17) is 4.74 Å². The maximum atomic E-state index is 5.55. The molecule has 2 N–H and O–H groups in total. The third kappa shape index (κ3) is 9.07. The molecule has 1 aromatic rings. The van der Waals surface area contributed by atoms with Crippen molar-refractivity contribution in [1.82, 2.24) is 20.4 Å². The fraction of sp³-hybridized carbons (Fsp3) is 0.733. The SMILES string of the molecule is CCNC(=NCCCOCC(C)C)NCCn1cccn1. The molecule has 0 spiro atoms. The van der Waals surface area contributed by atoms with Crippen LogP contribution in [0.4, 0.5) is 0 Å². The zero-order valence-corrected chi connectivity index (χ0v) is 13.5. The van der Waals surface area contributed by atoms with Gasteiger partial charge in [0, 0.05) is 45.2 Å². The van der Waals surface area contributed by atoms with Gasteiger partial charge in [0.05, 0.1) is 6.54 Å². The molecule has 21 heavy (non-hydrogen) atoms. The highest BCUT2D eigenvalue weighted by atomic mass is 16.5. The fourth-order valence-corrected chi connectivity index (χ4v) is 1.74. The van der Waals surface area contributed by atoms with Crippen molar-refractivity contribution in [3.05, 3.63) is 18.5 Å². The molecule has 6 nitrogen and oxygen atoms in total. The summed E-state index contributed by atoms with van der Waals surface area (Å²) < 4.78 is 7.44. The van der Waals surface area contributed by atoms with Crippen LogP contribution in [-0.2, 0) is 11.3 Å². The molecule has 0 aliphatic heterocycles. The molecule has 0 amide bonds. The minimum atomic E-state index is 0.592. The summed E-state index contributed by atoms with van der Waals surface area (Å²) in [6.07, 6.45) is 4.69. The Morgan fingerprint density at radius 1 is 1.38 bits per heavy atom. The molecule has 0 aliphatic rings. The predicted molar refractivity (Wildman–Crippen MR) is 86.5 cm³/mol. The molecular formula is C15H29N5O. The van der Waals surface area contributed by atoms with Gasteiger partial charge in [-0.1, -0.05) is 13.8 Å². The van der Waals surface area contributed by atoms with Crippen LogP contribution in [0.1, 0.15) is 27.2 Å². The Kier molecular flexibility index (Phi) is 9.28. The Morgan fingerprint density at radius 2 is 2.24 bits per heavy atom. The van der Waals surface area contributed by atoms with Gasteiger partial charge in [-0.2, -0.15) is 5.10 Å². The van der Waals surface area contributed by atoms with Gasteiger partial charge >= 0.3 is 0 Å². The van der Waals surface area contributed by atoms with Crippen molar-refractivity contribution in [1.29, 1.82) is 0 Å². The molecule has 1 aromatic heterocycles. The monoisotopic (exact) mass is 295 g/mol. The van der Waals surface area contributed by atoms with Crippen LogP contribution < -0.4 is 10.6 Å². The summed E-state index contributed by atoms with van der Waals surface area (Å²) in [5, 5.41) is 10.7. The number of aliphatic imine (C=N–C) groups is 1. The molecule has 0 fully saturated rings. The number of hydrogen-bond acceptors (Lipinski definition) is 3. The second-order valence-corrected chi connectivity index (χ2v) is 5.28. The maximum absolute atomic E-state index is 5.55. The Balaban J connectivity index is 2.16. The Hall–Kier alpha value is -1.56. The van der Waals surface area contributed by atoms with E-state index in [1.54, 1.807) is 6.20 Å². The zero-order valence-electron chi connectivity index (χ0n) is 13.5. The molecule has 1 heterocycles. The van der Waals surface area contributed by atoms with Crippen LogP contribution in [-0.4, -0.2) is 48.6 Å². The van der Waals surface area contributed by atoms with E-state index in [1.807, 2.05) is 16.9 Å². The first kappa shape index (κ1) is 17.5. The van der Waals surface area contributed by atoms with Crippen LogP contribution in [0.2, 0.25) is 0 Å². The molecule has 0 radical (unpaired) electrons. The van der Waals surface area contributed by atoms with E-state index in [0.717, 1.165) is 51.8 Å². The molecule has 0 aromatic carbocycles. The molecule has 6 heteroatoms. The Bertz CT molecular complexity index is 375. The Labute approximate surface area is 128 Å². The van der Waals surface area contributed by atoms with Gasteiger partial charge in [-0.05, 0) is 25.3 Å². The summed E-state index contributed by atoms with van der Waals surface area (Å²) in [5.41, 5.74) is 0. The van der Waals surface area contributed by atoms with Crippen molar-refractivity contribution in [2.24, 2.45) is 10.9 Å². The summed E-state index contributed by atoms with van der Waals surface area (Å²) in [6.45, 7) is 11.2. The molecular weight excluding hydrogens is 266 g/mol. The highest BCUT2D eigenvalue weighted by Gasteiger charge is 1.98. The number of aromatic nitrogens is 2. The van der Waals surface area contributed by atoms with Crippen LogP contribution in [0.15, 0.2) is 23.5 Å². The first-order valence-corrected chi connectivity index (χ1v) is 7.79. The summed E-state index contributed by atoms with van der Waals surface area (Å²) in [5.74, 6) is 1.45. The van der Waals surface area contributed by atoms with E-state index in [0.29, 0.717) is 5.92 Å². The lowest BCUT2D eigenvalue weighted by molar-refractivity contribution is 0.109. The molecule has 0 saturated heterocycles. The van der Waals surface area contributed by atoms with E-state index in [2.05, 4.69) is 41.5 Å². The van der Waals surface area contributed by atoms with E-state index in [-0.39, 0.29) is 0 Å². The standard InChI is InChI=1S/C15H29N5O/c1-4-16-15(17-7-6-12-21-13-14(2)3)18-9-11-20-10-5-8-19-20/h5,8,10,14H,4,6-7,9,11-13H2,1-3H3,(H2,16,17,18). The van der Waals surface area contributed by atoms with Crippen molar-refractivity contribution in [2.45, 2.75) is 33.7 Å². The minimum absolute atomic E-state index is 0.592. The van der Waals surface area contributed by atoms with Gasteiger partial charge in [-0.15, -0.1) is 0 Å². The van der Waals surface area contributed by atoms with Crippen LogP contribution in [0.25, 0.3) is 0 Å². The first-order valence-electron chi connectivity index (χ1n) is 7.79. The quantitative estimate of drug-likeness (QED) is 0.390. The zero-order chi connectivity index (χ0) is 15.3. The largest absolute Gasteiger partial charge is 0.381 e. The molecule has 1 rings (SSSR count). The van der Waals surface area contributed by atoms with Crippen molar-refractivity contribution in [3.8, 4) is 0 Å². The third-order valence-electron chi connectivity index (χ3n) is 2.70. The third-order valence-corrected chi connectivity index (χ3v) is 2.70. The van der Waals surface area contributed by atoms with Crippen LogP contribution in [0.3, 0.4) is 0 Å². The van der Waals surface area contributed by atoms with Crippen LogP contribution in [0.5, 0.6) is 0 Å². The summed E-state index contributed by atoms with van der Waals surface area (Å²) in [6, 6.07) is 1.93. The van der Waals surface area contributed by atoms with E-state index < -0.39 is 0 Å². The van der Waals surface area contributed by atoms with Gasteiger partial charge in [-0.25, -0.2) is 0 Å². The average molecular weight is 295 g/mol. The van der Waals surface area contributed by atoms with Crippen molar-refractivity contribution in [3.63, 3.8) is 0 Å². The molecule has 0 unspecified atom stereocenters. The van der Waals surface area contributed by atoms with Gasteiger partial charge in [0.2, 0.25) is 0 Å². The number of hydrogen-bond donors (Lipinski definition) is 2. The number of ether oxygens (including phenoxy) is 1. The highest BCUT2D eigenvalue weighted by Crippen LogP contribution is 1.93. The molecule has 120 valence electrons. The number of nitrogens with one attached hydrogen (secondary N) is 2. The molecule has 0 atom stereocenters. The van der Waals surface area contributed by atoms with Crippen molar-refractivity contribution >= 4 is 5.96 Å². The van der Waals surface area contributed by atoms with Gasteiger partial charge in [0.1, 0.15) is 0 Å². The lowest BCUT2D eigenvalue weighted by atomic mass is 10.2. The lowest BCUT2D eigenvalue weighted by Crippen LogP contribution is -2.39. The van der Waals surface area contributed by atoms with Gasteiger partial charge < -0.3 is 15.4 Å². The normalized spacial score (nSPS) is 11.9. The lowest BCUT2D eigenvalue weighted by Gasteiger charge is -2.11. The maximum Gasteiger partial charge on any atom is 0.191 e. The smallest absolute Gasteiger partial charge is 0.191 e. The average Bonchev–Trinajstić information content (AvgIpc) is 2.95. The number of guanidine groups is 1. The topological polar surface area (TPSA) is 63.5 Å². The van der Waals surface area contributed by atoms with Gasteiger partial charge in [0.15, 0.2) is 5.96 Å². The Morgan fingerprint density at radius 3 is 2.90 bits per heavy atom. The molecule has 0 bridgehead atoms. The van der Waals surface area contributed by atoms with Gasteiger partial charge in [-0.3, -0.25) is 9.67 Å². The van der Waals surface area contributed by atoms with Crippen molar-refractivity contribution in [2.75, 3.05) is 32.8 Å². The fourth-order valence-electron chi connectivity index (χ4n) is 1.74. The molecule has 0 aliphatic carbocycles. The number of nitrogens with zero attached hydrogens (tertiary/aromatic N) is 3. The van der Waals surface area contributed by atoms with E-state index in [9.17, 15) is 0 Å². The van der Waals surface area contributed by atoms with Crippen molar-refractivity contribution < 1.29 is 4.74 Å². The summed E-state index contributed by atoms with van der Waals surface area (Å²) >= 11 is 0. The van der Waals surface area contributed by atoms with E-state index >= 15 is 0 Å². The van der Waals surface area contributed by atoms with Gasteiger partial charge in [0.25, 0.3) is 0 Å². The second-order valence-electron chi connectivity index (χ2n) is 5.28. The second kappa shape index (κ2) is 11.1. The molecule has 0 saturated carbocycles. The van der Waals surface area contributed by atoms with E-state index in [1.165, 1.54) is 0 Å². The van der Waals surface area contributed by atoms with Crippen LogP contribution in [0, 0.1) is 5.92 Å². The predicted octanol–water partition coefficient (Wildman–Crippen LogP) is 1.50.